The molecule has 0 aliphatic carbocycles. The Balaban J connectivity index is 1.54. The minimum atomic E-state index is -0.601. The number of para-hydroxylation sites is 1. The first kappa shape index (κ1) is 20.1. The number of amides is 1. The summed E-state index contributed by atoms with van der Waals surface area (Å²) in [6.07, 6.45) is 0. The first-order valence-electron chi connectivity index (χ1n) is 9.40. The molecule has 3 aromatic rings. The molecular weight excluding hydrogens is 366 g/mol. The van der Waals surface area contributed by atoms with Crippen molar-refractivity contribution in [2.75, 3.05) is 6.61 Å². The van der Waals surface area contributed by atoms with Gasteiger partial charge in [-0.1, -0.05) is 72.8 Å². The third-order valence-corrected chi connectivity index (χ3v) is 4.36. The van der Waals surface area contributed by atoms with Crippen LogP contribution in [0.25, 0.3) is 0 Å². The lowest BCUT2D eigenvalue weighted by Crippen LogP contribution is -2.31. The van der Waals surface area contributed by atoms with E-state index < -0.39 is 5.97 Å². The van der Waals surface area contributed by atoms with Crippen molar-refractivity contribution in [2.45, 2.75) is 19.6 Å². The van der Waals surface area contributed by atoms with Gasteiger partial charge in [0.05, 0.1) is 6.04 Å². The summed E-state index contributed by atoms with van der Waals surface area (Å²) in [7, 11) is 0. The van der Waals surface area contributed by atoms with Gasteiger partial charge in [0.1, 0.15) is 17.9 Å². The molecule has 29 heavy (non-hydrogen) atoms. The van der Waals surface area contributed by atoms with Crippen molar-refractivity contribution in [1.29, 1.82) is 0 Å². The molecule has 5 heteroatoms. The molecule has 0 fully saturated rings. The van der Waals surface area contributed by atoms with Gasteiger partial charge in [0.15, 0.2) is 6.61 Å². The lowest BCUT2D eigenvalue weighted by Gasteiger charge is -2.15. The Bertz CT molecular complexity index is 941. The minimum Gasteiger partial charge on any atom is -0.488 e. The van der Waals surface area contributed by atoms with Crippen LogP contribution in [0, 0.1) is 0 Å². The van der Waals surface area contributed by atoms with Crippen molar-refractivity contribution < 1.29 is 19.1 Å². The molecule has 148 valence electrons. The molecule has 0 radical (unpaired) electrons. The number of hydrogen-bond donors (Lipinski definition) is 1. The summed E-state index contributed by atoms with van der Waals surface area (Å²) in [6.45, 7) is 1.85. The number of nitrogens with one attached hydrogen (secondary N) is 1. The Morgan fingerprint density at radius 3 is 2.21 bits per heavy atom. The van der Waals surface area contributed by atoms with Crippen molar-refractivity contribution in [3.63, 3.8) is 0 Å². The monoisotopic (exact) mass is 389 g/mol. The van der Waals surface area contributed by atoms with Crippen molar-refractivity contribution in [2.24, 2.45) is 0 Å². The summed E-state index contributed by atoms with van der Waals surface area (Å²) in [4.78, 5) is 24.6. The molecule has 1 N–H and O–H groups in total. The van der Waals surface area contributed by atoms with Gasteiger partial charge in [-0.15, -0.1) is 0 Å². The molecule has 0 bridgehead atoms. The first-order chi connectivity index (χ1) is 14.1. The Morgan fingerprint density at radius 1 is 0.862 bits per heavy atom. The standard InChI is InChI=1S/C24H23NO4/c1-18(20-12-6-3-7-13-20)25-23(26)17-29-24(27)21-14-8-9-15-22(21)28-16-19-10-4-2-5-11-19/h2-15,18H,16-17H2,1H3,(H,25,26)/t18-/m1/s1. The highest BCUT2D eigenvalue weighted by molar-refractivity contribution is 5.94. The van der Waals surface area contributed by atoms with Crippen LogP contribution >= 0.6 is 0 Å². The van der Waals surface area contributed by atoms with Gasteiger partial charge in [-0.25, -0.2) is 4.79 Å². The maximum absolute atomic E-state index is 12.5. The number of rotatable bonds is 8. The molecule has 0 spiro atoms. The second-order valence-corrected chi connectivity index (χ2v) is 6.55. The SMILES string of the molecule is C[C@@H](NC(=O)COC(=O)c1ccccc1OCc1ccccc1)c1ccccc1. The number of ether oxygens (including phenoxy) is 2. The van der Waals surface area contributed by atoms with E-state index >= 15 is 0 Å². The van der Waals surface area contributed by atoms with E-state index in [9.17, 15) is 9.59 Å². The van der Waals surface area contributed by atoms with Crippen LogP contribution in [0.2, 0.25) is 0 Å². The number of benzene rings is 3. The molecule has 1 amide bonds. The molecule has 0 aliphatic heterocycles. The van der Waals surface area contributed by atoms with E-state index in [2.05, 4.69) is 5.32 Å². The highest BCUT2D eigenvalue weighted by Gasteiger charge is 2.16. The topological polar surface area (TPSA) is 64.6 Å². The van der Waals surface area contributed by atoms with E-state index in [1.54, 1.807) is 24.3 Å². The second kappa shape index (κ2) is 10.1. The fourth-order valence-electron chi connectivity index (χ4n) is 2.81. The predicted molar refractivity (Wildman–Crippen MR) is 110 cm³/mol. The van der Waals surface area contributed by atoms with E-state index in [1.807, 2.05) is 67.6 Å². The summed E-state index contributed by atoms with van der Waals surface area (Å²) in [5, 5.41) is 2.82. The van der Waals surface area contributed by atoms with Gasteiger partial charge >= 0.3 is 5.97 Å². The average Bonchev–Trinajstić information content (AvgIpc) is 2.77. The van der Waals surface area contributed by atoms with Crippen molar-refractivity contribution >= 4 is 11.9 Å². The average molecular weight is 389 g/mol. The van der Waals surface area contributed by atoms with Gasteiger partial charge < -0.3 is 14.8 Å². The van der Waals surface area contributed by atoms with Crippen molar-refractivity contribution in [3.8, 4) is 5.75 Å². The van der Waals surface area contributed by atoms with Crippen LogP contribution in [0.5, 0.6) is 5.75 Å². The summed E-state index contributed by atoms with van der Waals surface area (Å²) in [5.74, 6) is -0.548. The van der Waals surface area contributed by atoms with E-state index in [0.29, 0.717) is 12.4 Å². The third-order valence-electron chi connectivity index (χ3n) is 4.36. The van der Waals surface area contributed by atoms with Gasteiger partial charge in [0.2, 0.25) is 0 Å². The summed E-state index contributed by atoms with van der Waals surface area (Å²) in [5.41, 5.74) is 2.25. The number of carbonyl (C=O) groups is 2. The fraction of sp³-hybridized carbons (Fsp3) is 0.167. The van der Waals surface area contributed by atoms with Gasteiger partial charge in [-0.2, -0.15) is 0 Å². The quantitative estimate of drug-likeness (QED) is 0.584. The lowest BCUT2D eigenvalue weighted by atomic mass is 10.1. The maximum Gasteiger partial charge on any atom is 0.342 e. The fourth-order valence-corrected chi connectivity index (χ4v) is 2.81. The Kier molecular flexibility index (Phi) is 7.00. The maximum atomic E-state index is 12.5. The highest BCUT2D eigenvalue weighted by atomic mass is 16.5. The zero-order valence-corrected chi connectivity index (χ0v) is 16.2. The van der Waals surface area contributed by atoms with Crippen LogP contribution in [0.4, 0.5) is 0 Å². The summed E-state index contributed by atoms with van der Waals surface area (Å²) >= 11 is 0. The second-order valence-electron chi connectivity index (χ2n) is 6.55. The number of carbonyl (C=O) groups excluding carboxylic acids is 2. The van der Waals surface area contributed by atoms with Gasteiger partial charge in [-0.05, 0) is 30.2 Å². The molecule has 0 saturated heterocycles. The molecule has 3 rings (SSSR count). The molecule has 0 heterocycles. The van der Waals surface area contributed by atoms with E-state index in [-0.39, 0.29) is 24.1 Å². The van der Waals surface area contributed by atoms with E-state index in [4.69, 9.17) is 9.47 Å². The smallest absolute Gasteiger partial charge is 0.342 e. The van der Waals surface area contributed by atoms with Crippen molar-refractivity contribution in [3.05, 3.63) is 102 Å². The Hall–Kier alpha value is -3.60. The first-order valence-corrected chi connectivity index (χ1v) is 9.40. The van der Waals surface area contributed by atoms with Gasteiger partial charge in [0.25, 0.3) is 5.91 Å². The molecule has 0 aliphatic rings. The predicted octanol–water partition coefficient (Wildman–Crippen LogP) is 4.30. The normalized spacial score (nSPS) is 11.3. The van der Waals surface area contributed by atoms with Gasteiger partial charge in [0, 0.05) is 0 Å². The van der Waals surface area contributed by atoms with Crippen LogP contribution in [-0.4, -0.2) is 18.5 Å². The lowest BCUT2D eigenvalue weighted by molar-refractivity contribution is -0.124. The van der Waals surface area contributed by atoms with Crippen LogP contribution in [0.15, 0.2) is 84.9 Å². The molecule has 1 atom stereocenters. The molecule has 0 aromatic heterocycles. The van der Waals surface area contributed by atoms with Crippen LogP contribution < -0.4 is 10.1 Å². The molecule has 3 aromatic carbocycles. The third kappa shape index (κ3) is 5.94. The summed E-state index contributed by atoms with van der Waals surface area (Å²) in [6, 6.07) is 25.9. The number of hydrogen-bond acceptors (Lipinski definition) is 4. The molecule has 0 saturated carbocycles. The van der Waals surface area contributed by atoms with Crippen LogP contribution in [-0.2, 0) is 16.1 Å². The Morgan fingerprint density at radius 2 is 1.48 bits per heavy atom. The number of esters is 1. The van der Waals surface area contributed by atoms with E-state index in [0.717, 1.165) is 11.1 Å². The summed E-state index contributed by atoms with van der Waals surface area (Å²) < 4.78 is 11.0. The molecule has 5 nitrogen and oxygen atoms in total. The molecular formula is C24H23NO4. The molecule has 0 unspecified atom stereocenters. The minimum absolute atomic E-state index is 0.177. The zero-order valence-electron chi connectivity index (χ0n) is 16.2. The van der Waals surface area contributed by atoms with E-state index in [1.165, 1.54) is 0 Å². The van der Waals surface area contributed by atoms with Crippen LogP contribution in [0.3, 0.4) is 0 Å². The van der Waals surface area contributed by atoms with Gasteiger partial charge in [-0.3, -0.25) is 4.79 Å². The zero-order chi connectivity index (χ0) is 20.5. The Labute approximate surface area is 170 Å². The highest BCUT2D eigenvalue weighted by Crippen LogP contribution is 2.20. The van der Waals surface area contributed by atoms with Crippen LogP contribution in [0.1, 0.15) is 34.5 Å². The largest absolute Gasteiger partial charge is 0.488 e. The van der Waals surface area contributed by atoms with Crippen molar-refractivity contribution in [1.82, 2.24) is 5.32 Å².